The van der Waals surface area contributed by atoms with Crippen LogP contribution in [0.1, 0.15) is 32.5 Å². The second kappa shape index (κ2) is 6.85. The molecule has 0 aromatic carbocycles. The average molecular weight is 293 g/mol. The van der Waals surface area contributed by atoms with Crippen LogP contribution in [0.5, 0.6) is 0 Å². The molecule has 118 valence electrons. The molecule has 0 aliphatic carbocycles. The number of nitrogens with one attached hydrogen (secondary N) is 1. The lowest BCUT2D eigenvalue weighted by Crippen LogP contribution is -2.55. The molecule has 21 heavy (non-hydrogen) atoms. The summed E-state index contributed by atoms with van der Waals surface area (Å²) in [7, 11) is 0. The molecule has 2 aliphatic heterocycles. The average Bonchev–Trinajstić information content (AvgIpc) is 3.14. The second-order valence-corrected chi connectivity index (χ2v) is 6.02. The Morgan fingerprint density at radius 1 is 1.48 bits per heavy atom. The number of likely N-dealkylation sites (N-methyl/N-ethyl adjacent to an activating group) is 1. The van der Waals surface area contributed by atoms with Crippen LogP contribution < -0.4 is 5.32 Å². The molecule has 0 amide bonds. The van der Waals surface area contributed by atoms with E-state index in [1.54, 1.807) is 6.33 Å². The predicted molar refractivity (Wildman–Crippen MR) is 81.2 cm³/mol. The lowest BCUT2D eigenvalue weighted by molar-refractivity contribution is -0.0645. The Labute approximate surface area is 126 Å². The van der Waals surface area contributed by atoms with Gasteiger partial charge in [0.15, 0.2) is 0 Å². The third-order valence-corrected chi connectivity index (χ3v) is 4.73. The number of morpholine rings is 1. The zero-order chi connectivity index (χ0) is 14.7. The van der Waals surface area contributed by atoms with Crippen molar-refractivity contribution < 1.29 is 4.74 Å². The standard InChI is InChI=1S/C15H27N5O/c1-3-16-13(8-15-17-11-18-20(15)4-2)14-9-19-7-5-6-12(19)10-21-14/h11-14,16H,3-10H2,1-2H3. The summed E-state index contributed by atoms with van der Waals surface area (Å²) in [6.45, 7) is 9.23. The number of aryl methyl sites for hydroxylation is 1. The maximum absolute atomic E-state index is 6.17. The van der Waals surface area contributed by atoms with Crippen molar-refractivity contribution in [2.45, 2.75) is 57.8 Å². The fourth-order valence-electron chi connectivity index (χ4n) is 3.59. The fraction of sp³-hybridized carbons (Fsp3) is 0.867. The number of aromatic nitrogens is 3. The molecule has 3 atom stereocenters. The molecule has 0 saturated carbocycles. The number of hydrogen-bond acceptors (Lipinski definition) is 5. The summed E-state index contributed by atoms with van der Waals surface area (Å²) >= 11 is 0. The van der Waals surface area contributed by atoms with Crippen LogP contribution in [0.3, 0.4) is 0 Å². The van der Waals surface area contributed by atoms with E-state index in [9.17, 15) is 0 Å². The molecule has 1 aromatic rings. The summed E-state index contributed by atoms with van der Waals surface area (Å²) in [6, 6.07) is 0.967. The minimum atomic E-state index is 0.251. The van der Waals surface area contributed by atoms with Crippen LogP contribution >= 0.6 is 0 Å². The maximum atomic E-state index is 6.17. The van der Waals surface area contributed by atoms with E-state index in [0.29, 0.717) is 12.1 Å². The third-order valence-electron chi connectivity index (χ3n) is 4.73. The zero-order valence-corrected chi connectivity index (χ0v) is 13.2. The fourth-order valence-corrected chi connectivity index (χ4v) is 3.59. The predicted octanol–water partition coefficient (Wildman–Crippen LogP) is 0.682. The van der Waals surface area contributed by atoms with E-state index in [1.165, 1.54) is 19.4 Å². The van der Waals surface area contributed by atoms with Crippen LogP contribution in [-0.2, 0) is 17.7 Å². The highest BCUT2D eigenvalue weighted by atomic mass is 16.5. The summed E-state index contributed by atoms with van der Waals surface area (Å²) in [5.74, 6) is 1.05. The van der Waals surface area contributed by atoms with Gasteiger partial charge in [-0.15, -0.1) is 0 Å². The van der Waals surface area contributed by atoms with Crippen molar-refractivity contribution >= 4 is 0 Å². The van der Waals surface area contributed by atoms with Crippen LogP contribution in [-0.4, -0.2) is 64.1 Å². The zero-order valence-electron chi connectivity index (χ0n) is 13.2. The molecular formula is C15H27N5O. The van der Waals surface area contributed by atoms with Gasteiger partial charge in [-0.1, -0.05) is 6.92 Å². The Hall–Kier alpha value is -0.980. The molecule has 2 aliphatic rings. The monoisotopic (exact) mass is 293 g/mol. The molecule has 6 heteroatoms. The Balaban J connectivity index is 1.66. The Kier molecular flexibility index (Phi) is 4.87. The van der Waals surface area contributed by atoms with E-state index in [0.717, 1.165) is 38.5 Å². The van der Waals surface area contributed by atoms with Gasteiger partial charge in [0, 0.05) is 31.6 Å². The van der Waals surface area contributed by atoms with Gasteiger partial charge in [0.2, 0.25) is 0 Å². The molecule has 0 bridgehead atoms. The summed E-state index contributed by atoms with van der Waals surface area (Å²) in [5, 5.41) is 7.86. The summed E-state index contributed by atoms with van der Waals surface area (Å²) < 4.78 is 8.15. The highest BCUT2D eigenvalue weighted by molar-refractivity contribution is 4.96. The van der Waals surface area contributed by atoms with Crippen LogP contribution in [0, 0.1) is 0 Å². The van der Waals surface area contributed by atoms with E-state index in [4.69, 9.17) is 4.74 Å². The van der Waals surface area contributed by atoms with Crippen LogP contribution in [0.15, 0.2) is 6.33 Å². The molecule has 2 fully saturated rings. The van der Waals surface area contributed by atoms with Crippen molar-refractivity contribution in [1.82, 2.24) is 25.0 Å². The quantitative estimate of drug-likeness (QED) is 0.836. The molecular weight excluding hydrogens is 266 g/mol. The number of ether oxygens (including phenoxy) is 1. The number of nitrogens with zero attached hydrogens (tertiary/aromatic N) is 4. The first kappa shape index (κ1) is 14.9. The highest BCUT2D eigenvalue weighted by Gasteiger charge is 2.35. The van der Waals surface area contributed by atoms with E-state index in [1.807, 2.05) is 4.68 Å². The van der Waals surface area contributed by atoms with Gasteiger partial charge in [0.25, 0.3) is 0 Å². The van der Waals surface area contributed by atoms with Gasteiger partial charge in [-0.25, -0.2) is 4.98 Å². The van der Waals surface area contributed by atoms with Crippen molar-refractivity contribution in [3.8, 4) is 0 Å². The van der Waals surface area contributed by atoms with Gasteiger partial charge < -0.3 is 10.1 Å². The van der Waals surface area contributed by atoms with E-state index in [-0.39, 0.29) is 6.10 Å². The molecule has 0 spiro atoms. The molecule has 2 saturated heterocycles. The minimum absolute atomic E-state index is 0.251. The number of rotatable bonds is 6. The lowest BCUT2D eigenvalue weighted by atomic mass is 10.0. The Morgan fingerprint density at radius 2 is 2.38 bits per heavy atom. The molecule has 1 N–H and O–H groups in total. The number of hydrogen-bond donors (Lipinski definition) is 1. The van der Waals surface area contributed by atoms with Gasteiger partial charge in [-0.05, 0) is 32.9 Å². The Bertz CT molecular complexity index is 449. The normalized spacial score (nSPS) is 27.7. The van der Waals surface area contributed by atoms with E-state index >= 15 is 0 Å². The lowest BCUT2D eigenvalue weighted by Gasteiger charge is -2.39. The van der Waals surface area contributed by atoms with Crippen molar-refractivity contribution in [1.29, 1.82) is 0 Å². The van der Waals surface area contributed by atoms with Gasteiger partial charge in [-0.3, -0.25) is 9.58 Å². The van der Waals surface area contributed by atoms with E-state index < -0.39 is 0 Å². The first-order chi connectivity index (χ1) is 10.3. The summed E-state index contributed by atoms with van der Waals surface area (Å²) in [4.78, 5) is 7.01. The maximum Gasteiger partial charge on any atom is 0.138 e. The second-order valence-electron chi connectivity index (χ2n) is 6.02. The van der Waals surface area contributed by atoms with Crippen molar-refractivity contribution in [2.75, 3.05) is 26.2 Å². The first-order valence-corrected chi connectivity index (χ1v) is 8.27. The van der Waals surface area contributed by atoms with Gasteiger partial charge >= 0.3 is 0 Å². The largest absolute Gasteiger partial charge is 0.374 e. The van der Waals surface area contributed by atoms with Crippen molar-refractivity contribution in [2.24, 2.45) is 0 Å². The molecule has 3 unspecified atom stereocenters. The topological polar surface area (TPSA) is 55.2 Å². The van der Waals surface area contributed by atoms with Gasteiger partial charge in [-0.2, -0.15) is 5.10 Å². The van der Waals surface area contributed by atoms with E-state index in [2.05, 4.69) is 34.1 Å². The first-order valence-electron chi connectivity index (χ1n) is 8.27. The van der Waals surface area contributed by atoms with Crippen LogP contribution in [0.25, 0.3) is 0 Å². The molecule has 3 heterocycles. The minimum Gasteiger partial charge on any atom is -0.374 e. The highest BCUT2D eigenvalue weighted by Crippen LogP contribution is 2.24. The molecule has 1 aromatic heterocycles. The SMILES string of the molecule is CCNC(Cc1ncnn1CC)C1CN2CCCC2CO1. The van der Waals surface area contributed by atoms with Crippen molar-refractivity contribution in [3.63, 3.8) is 0 Å². The summed E-state index contributed by atoms with van der Waals surface area (Å²) in [6.07, 6.45) is 5.39. The summed E-state index contributed by atoms with van der Waals surface area (Å²) in [5.41, 5.74) is 0. The molecule has 6 nitrogen and oxygen atoms in total. The van der Waals surface area contributed by atoms with Gasteiger partial charge in [0.05, 0.1) is 12.7 Å². The smallest absolute Gasteiger partial charge is 0.138 e. The van der Waals surface area contributed by atoms with Gasteiger partial charge in [0.1, 0.15) is 12.2 Å². The molecule has 0 radical (unpaired) electrons. The Morgan fingerprint density at radius 3 is 3.19 bits per heavy atom. The van der Waals surface area contributed by atoms with Crippen LogP contribution in [0.2, 0.25) is 0 Å². The third kappa shape index (κ3) is 3.27. The number of fused-ring (bicyclic) bond motifs is 1. The van der Waals surface area contributed by atoms with Crippen molar-refractivity contribution in [3.05, 3.63) is 12.2 Å². The van der Waals surface area contributed by atoms with Crippen LogP contribution in [0.4, 0.5) is 0 Å². The molecule has 3 rings (SSSR count).